The van der Waals surface area contributed by atoms with Gasteiger partial charge >= 0.3 is 5.97 Å². The third kappa shape index (κ3) is 1.58. The Bertz CT molecular complexity index is 185. The van der Waals surface area contributed by atoms with E-state index in [1.54, 1.807) is 0 Å². The van der Waals surface area contributed by atoms with Gasteiger partial charge in [-0.25, -0.2) is 4.79 Å². The van der Waals surface area contributed by atoms with Crippen molar-refractivity contribution in [2.45, 2.75) is 6.42 Å². The van der Waals surface area contributed by atoms with Crippen LogP contribution >= 0.6 is 15.9 Å². The lowest BCUT2D eigenvalue weighted by Gasteiger charge is -2.12. The van der Waals surface area contributed by atoms with Gasteiger partial charge in [0.1, 0.15) is 0 Å². The van der Waals surface area contributed by atoms with Crippen LogP contribution < -0.4 is 0 Å². The van der Waals surface area contributed by atoms with E-state index in [2.05, 4.69) is 15.9 Å². The fraction of sp³-hybridized carbons (Fsp3) is 0.500. The van der Waals surface area contributed by atoms with Gasteiger partial charge in [-0.15, -0.1) is 0 Å². The summed E-state index contributed by atoms with van der Waals surface area (Å²) in [5, 5.41) is 8.54. The number of carboxylic acids is 1. The number of rotatable bonds is 1. The molecule has 1 N–H and O–H groups in total. The number of carboxylic acid groups (broad SMARTS) is 1. The molecule has 0 aromatic heterocycles. The van der Waals surface area contributed by atoms with Crippen molar-refractivity contribution in [3.8, 4) is 0 Å². The van der Waals surface area contributed by atoms with Crippen molar-refractivity contribution in [1.29, 1.82) is 0 Å². The van der Waals surface area contributed by atoms with Crippen LogP contribution in [-0.4, -0.2) is 24.3 Å². The minimum atomic E-state index is -0.897. The first kappa shape index (κ1) is 7.75. The van der Waals surface area contributed by atoms with Crippen molar-refractivity contribution in [1.82, 2.24) is 0 Å². The number of hydrogen-bond donors (Lipinski definition) is 1. The van der Waals surface area contributed by atoms with Gasteiger partial charge in [0.05, 0.1) is 18.8 Å². The molecule has 0 saturated heterocycles. The Morgan fingerprint density at radius 1 is 1.70 bits per heavy atom. The zero-order valence-electron chi connectivity index (χ0n) is 5.26. The highest BCUT2D eigenvalue weighted by molar-refractivity contribution is 9.11. The van der Waals surface area contributed by atoms with Gasteiger partial charge in [-0.3, -0.25) is 0 Å². The Morgan fingerprint density at radius 2 is 2.40 bits per heavy atom. The molecular formula is C6H7BrO3. The molecule has 56 valence electrons. The molecule has 0 atom stereocenters. The molecule has 10 heavy (non-hydrogen) atoms. The second-order valence-electron chi connectivity index (χ2n) is 1.99. The van der Waals surface area contributed by atoms with E-state index in [1.165, 1.54) is 0 Å². The number of halogens is 1. The van der Waals surface area contributed by atoms with Crippen molar-refractivity contribution in [3.05, 3.63) is 10.1 Å². The molecule has 4 heteroatoms. The van der Waals surface area contributed by atoms with Crippen molar-refractivity contribution in [2.75, 3.05) is 13.2 Å². The number of ether oxygens (including phenoxy) is 1. The summed E-state index contributed by atoms with van der Waals surface area (Å²) in [5.74, 6) is -0.897. The van der Waals surface area contributed by atoms with Crippen LogP contribution in [0.4, 0.5) is 0 Å². The van der Waals surface area contributed by atoms with E-state index >= 15 is 0 Å². The van der Waals surface area contributed by atoms with Crippen LogP contribution in [-0.2, 0) is 9.53 Å². The first-order valence-electron chi connectivity index (χ1n) is 2.90. The van der Waals surface area contributed by atoms with Crippen LogP contribution in [0.5, 0.6) is 0 Å². The maximum atomic E-state index is 10.4. The van der Waals surface area contributed by atoms with E-state index in [0.717, 1.165) is 4.48 Å². The Labute approximate surface area is 66.8 Å². The number of hydrogen-bond acceptors (Lipinski definition) is 2. The molecule has 0 spiro atoms. The monoisotopic (exact) mass is 206 g/mol. The van der Waals surface area contributed by atoms with Crippen LogP contribution in [0.1, 0.15) is 6.42 Å². The predicted molar refractivity (Wildman–Crippen MR) is 39.0 cm³/mol. The molecule has 0 aromatic carbocycles. The van der Waals surface area contributed by atoms with Gasteiger partial charge in [0.25, 0.3) is 0 Å². The highest BCUT2D eigenvalue weighted by Gasteiger charge is 2.16. The van der Waals surface area contributed by atoms with Gasteiger partial charge in [0.15, 0.2) is 0 Å². The maximum absolute atomic E-state index is 10.4. The molecule has 0 saturated carbocycles. The van der Waals surface area contributed by atoms with E-state index in [9.17, 15) is 4.79 Å². The predicted octanol–water partition coefficient (Wildman–Crippen LogP) is 1.14. The van der Waals surface area contributed by atoms with E-state index in [4.69, 9.17) is 9.84 Å². The van der Waals surface area contributed by atoms with Gasteiger partial charge in [-0.1, -0.05) is 15.9 Å². The van der Waals surface area contributed by atoms with Crippen LogP contribution in [0.2, 0.25) is 0 Å². The number of carbonyl (C=O) groups is 1. The van der Waals surface area contributed by atoms with Crippen molar-refractivity contribution in [3.63, 3.8) is 0 Å². The molecule has 0 radical (unpaired) electrons. The Balaban J connectivity index is 2.78. The highest BCUT2D eigenvalue weighted by atomic mass is 79.9. The van der Waals surface area contributed by atoms with Gasteiger partial charge in [0.2, 0.25) is 0 Å². The third-order valence-corrected chi connectivity index (χ3v) is 2.17. The van der Waals surface area contributed by atoms with Crippen LogP contribution in [0.15, 0.2) is 10.1 Å². The van der Waals surface area contributed by atoms with Crippen molar-refractivity contribution in [2.24, 2.45) is 0 Å². The van der Waals surface area contributed by atoms with E-state index in [1.807, 2.05) is 0 Å². The molecule has 0 bridgehead atoms. The lowest BCUT2D eigenvalue weighted by molar-refractivity contribution is -0.133. The summed E-state index contributed by atoms with van der Waals surface area (Å²) in [6, 6.07) is 0. The molecule has 1 heterocycles. The molecule has 1 aliphatic heterocycles. The third-order valence-electron chi connectivity index (χ3n) is 1.30. The average Bonchev–Trinajstić information content (AvgIpc) is 1.88. The van der Waals surface area contributed by atoms with Gasteiger partial charge in [-0.05, 0) is 0 Å². The summed E-state index contributed by atoms with van der Waals surface area (Å²) in [4.78, 5) is 10.4. The van der Waals surface area contributed by atoms with Crippen LogP contribution in [0.25, 0.3) is 0 Å². The molecule has 3 nitrogen and oxygen atoms in total. The fourth-order valence-electron chi connectivity index (χ4n) is 0.743. The largest absolute Gasteiger partial charge is 0.478 e. The zero-order valence-corrected chi connectivity index (χ0v) is 6.85. The van der Waals surface area contributed by atoms with Gasteiger partial charge in [0, 0.05) is 10.9 Å². The molecule has 0 aliphatic carbocycles. The first-order valence-corrected chi connectivity index (χ1v) is 3.69. The molecule has 0 aromatic rings. The van der Waals surface area contributed by atoms with Crippen molar-refractivity contribution >= 4 is 21.9 Å². The highest BCUT2D eigenvalue weighted by Crippen LogP contribution is 2.20. The molecule has 0 fully saturated rings. The lowest BCUT2D eigenvalue weighted by atomic mass is 10.2. The average molecular weight is 207 g/mol. The fourth-order valence-corrected chi connectivity index (χ4v) is 1.19. The molecule has 0 unspecified atom stereocenters. The van der Waals surface area contributed by atoms with Crippen LogP contribution in [0.3, 0.4) is 0 Å². The summed E-state index contributed by atoms with van der Waals surface area (Å²) in [7, 11) is 0. The number of aliphatic carboxylic acids is 1. The summed E-state index contributed by atoms with van der Waals surface area (Å²) in [6.45, 7) is 0.827. The van der Waals surface area contributed by atoms with E-state index in [-0.39, 0.29) is 6.61 Å². The molecule has 0 amide bonds. The van der Waals surface area contributed by atoms with E-state index in [0.29, 0.717) is 18.6 Å². The Hall–Kier alpha value is -0.350. The van der Waals surface area contributed by atoms with Gasteiger partial charge in [-0.2, -0.15) is 0 Å². The summed E-state index contributed by atoms with van der Waals surface area (Å²) >= 11 is 3.17. The minimum absolute atomic E-state index is 0.218. The Kier molecular flexibility index (Phi) is 2.45. The summed E-state index contributed by atoms with van der Waals surface area (Å²) < 4.78 is 5.70. The molecule has 1 aliphatic rings. The molecule has 1 rings (SSSR count). The zero-order chi connectivity index (χ0) is 7.56. The van der Waals surface area contributed by atoms with Crippen molar-refractivity contribution < 1.29 is 14.6 Å². The SMILES string of the molecule is O=C(O)C1=C(Br)CCOC1. The standard InChI is InChI=1S/C6H7BrO3/c7-5-1-2-10-3-4(5)6(8)9/h1-3H2,(H,8,9). The first-order chi connectivity index (χ1) is 4.72. The quantitative estimate of drug-likeness (QED) is 0.701. The van der Waals surface area contributed by atoms with Gasteiger partial charge < -0.3 is 9.84 Å². The summed E-state index contributed by atoms with van der Waals surface area (Å²) in [5.41, 5.74) is 0.339. The minimum Gasteiger partial charge on any atom is -0.478 e. The normalized spacial score (nSPS) is 19.3. The van der Waals surface area contributed by atoms with Crippen LogP contribution in [0, 0.1) is 0 Å². The molecular weight excluding hydrogens is 200 g/mol. The maximum Gasteiger partial charge on any atom is 0.334 e. The second-order valence-corrected chi connectivity index (χ2v) is 2.95. The Morgan fingerprint density at radius 3 is 2.80 bits per heavy atom. The summed E-state index contributed by atoms with van der Waals surface area (Å²) in [6.07, 6.45) is 0.668. The second kappa shape index (κ2) is 3.16. The smallest absolute Gasteiger partial charge is 0.334 e. The van der Waals surface area contributed by atoms with E-state index < -0.39 is 5.97 Å². The topological polar surface area (TPSA) is 46.5 Å². The lowest BCUT2D eigenvalue weighted by Crippen LogP contribution is -2.15.